The Labute approximate surface area is 133 Å². The summed E-state index contributed by atoms with van der Waals surface area (Å²) in [6, 6.07) is -0.369. The molecule has 124 valence electrons. The molecule has 9 heteroatoms. The number of amides is 1. The van der Waals surface area contributed by atoms with E-state index in [4.69, 9.17) is 5.11 Å². The van der Waals surface area contributed by atoms with Gasteiger partial charge in [0.05, 0.1) is 17.2 Å². The van der Waals surface area contributed by atoms with Gasteiger partial charge in [-0.1, -0.05) is 0 Å². The number of hydrogen-bond donors (Lipinski definition) is 1. The fourth-order valence-electron chi connectivity index (χ4n) is 3.05. The Morgan fingerprint density at radius 3 is 2.70 bits per heavy atom. The van der Waals surface area contributed by atoms with Crippen molar-refractivity contribution < 1.29 is 23.1 Å². The highest BCUT2D eigenvalue weighted by Gasteiger charge is 2.39. The maximum absolute atomic E-state index is 12.6. The molecular weight excluding hydrogens is 322 g/mol. The summed E-state index contributed by atoms with van der Waals surface area (Å²) in [5.41, 5.74) is 0.404. The van der Waals surface area contributed by atoms with Gasteiger partial charge in [-0.15, -0.1) is 4.40 Å². The molecule has 3 aliphatic rings. The molecule has 0 radical (unpaired) electrons. The highest BCUT2D eigenvalue weighted by Crippen LogP contribution is 2.27. The van der Waals surface area contributed by atoms with Crippen LogP contribution >= 0.6 is 0 Å². The number of amidine groups is 1. The van der Waals surface area contributed by atoms with Crippen LogP contribution in [0.15, 0.2) is 28.3 Å². The highest BCUT2D eigenvalue weighted by molar-refractivity contribution is 7.90. The number of carboxylic acid groups (broad SMARTS) is 1. The van der Waals surface area contributed by atoms with Gasteiger partial charge in [0.15, 0.2) is 0 Å². The standard InChI is InChI=1S/C14H17N3O5S/c1-9-11(14(19)20)4-5-17(9)13(18)10-2-3-12-15-23(21,22)7-6-16(12)8-10/h2-3,8-9,11H,4-7H2,1H3,(H,19,20). The van der Waals surface area contributed by atoms with E-state index < -0.39 is 21.9 Å². The number of carbonyl (C=O) groups excluding carboxylic acids is 1. The molecule has 8 nitrogen and oxygen atoms in total. The lowest BCUT2D eigenvalue weighted by atomic mass is 10.0. The molecule has 0 spiro atoms. The first-order chi connectivity index (χ1) is 10.8. The van der Waals surface area contributed by atoms with E-state index in [0.717, 1.165) is 0 Å². The zero-order chi connectivity index (χ0) is 16.8. The van der Waals surface area contributed by atoms with Gasteiger partial charge in [-0.25, -0.2) is 8.42 Å². The first-order valence-electron chi connectivity index (χ1n) is 7.31. The molecule has 3 heterocycles. The number of nitrogens with zero attached hydrogens (tertiary/aromatic N) is 3. The number of fused-ring (bicyclic) bond motifs is 1. The van der Waals surface area contributed by atoms with Crippen molar-refractivity contribution in [3.05, 3.63) is 23.9 Å². The van der Waals surface area contributed by atoms with Crippen LogP contribution in [0.5, 0.6) is 0 Å². The van der Waals surface area contributed by atoms with E-state index in [1.165, 1.54) is 12.2 Å². The van der Waals surface area contributed by atoms with Gasteiger partial charge in [0.25, 0.3) is 15.9 Å². The second-order valence-corrected chi connectivity index (χ2v) is 7.57. The SMILES string of the molecule is CC1C(C(=O)O)CCN1C(=O)C1=CN2CCS(=O)(=O)N=C2C=C1. The van der Waals surface area contributed by atoms with Crippen LogP contribution in [0, 0.1) is 5.92 Å². The Morgan fingerprint density at radius 1 is 1.30 bits per heavy atom. The minimum atomic E-state index is -3.43. The third-order valence-electron chi connectivity index (χ3n) is 4.40. The molecule has 1 amide bonds. The van der Waals surface area contributed by atoms with Crippen molar-refractivity contribution in [3.8, 4) is 0 Å². The summed E-state index contributed by atoms with van der Waals surface area (Å²) in [6.07, 6.45) is 5.04. The van der Waals surface area contributed by atoms with Crippen LogP contribution in [-0.4, -0.2) is 65.9 Å². The third kappa shape index (κ3) is 2.88. The molecular formula is C14H17N3O5S. The summed E-state index contributed by atoms with van der Waals surface area (Å²) in [4.78, 5) is 26.9. The molecule has 0 aromatic heterocycles. The summed E-state index contributed by atoms with van der Waals surface area (Å²) in [5, 5.41) is 9.15. The summed E-state index contributed by atoms with van der Waals surface area (Å²) in [7, 11) is -3.43. The van der Waals surface area contributed by atoms with Crippen molar-refractivity contribution >= 4 is 27.7 Å². The van der Waals surface area contributed by atoms with E-state index >= 15 is 0 Å². The maximum Gasteiger partial charge on any atom is 0.308 e. The second-order valence-electron chi connectivity index (χ2n) is 5.82. The molecule has 23 heavy (non-hydrogen) atoms. The predicted molar refractivity (Wildman–Crippen MR) is 82.1 cm³/mol. The highest BCUT2D eigenvalue weighted by atomic mass is 32.2. The van der Waals surface area contributed by atoms with Crippen molar-refractivity contribution in [2.75, 3.05) is 18.8 Å². The number of sulfonamides is 1. The number of carbonyl (C=O) groups is 2. The average molecular weight is 339 g/mol. The zero-order valence-electron chi connectivity index (χ0n) is 12.5. The first kappa shape index (κ1) is 15.7. The number of carboxylic acids is 1. The summed E-state index contributed by atoms with van der Waals surface area (Å²) in [6.45, 7) is 2.38. The van der Waals surface area contributed by atoms with E-state index in [2.05, 4.69) is 4.40 Å². The topological polar surface area (TPSA) is 107 Å². The van der Waals surface area contributed by atoms with Crippen LogP contribution in [0.4, 0.5) is 0 Å². The van der Waals surface area contributed by atoms with Crippen LogP contribution in [0.1, 0.15) is 13.3 Å². The van der Waals surface area contributed by atoms with E-state index in [1.807, 2.05) is 0 Å². The van der Waals surface area contributed by atoms with Crippen molar-refractivity contribution in [1.29, 1.82) is 0 Å². The lowest BCUT2D eigenvalue weighted by molar-refractivity contribution is -0.142. The minimum absolute atomic E-state index is 0.0937. The predicted octanol–water partition coefficient (Wildman–Crippen LogP) is -0.194. The van der Waals surface area contributed by atoms with Crippen molar-refractivity contribution in [2.45, 2.75) is 19.4 Å². The molecule has 3 aliphatic heterocycles. The Kier molecular flexibility index (Phi) is 3.75. The van der Waals surface area contributed by atoms with Gasteiger partial charge in [0.2, 0.25) is 0 Å². The first-order valence-corrected chi connectivity index (χ1v) is 8.92. The number of hydrogen-bond acceptors (Lipinski definition) is 5. The third-order valence-corrected chi connectivity index (χ3v) is 5.57. The van der Waals surface area contributed by atoms with Gasteiger partial charge in [-0.2, -0.15) is 0 Å². The second kappa shape index (κ2) is 5.48. The summed E-state index contributed by atoms with van der Waals surface area (Å²) >= 11 is 0. The smallest absolute Gasteiger partial charge is 0.308 e. The number of rotatable bonds is 2. The van der Waals surface area contributed by atoms with Gasteiger partial charge in [0, 0.05) is 25.3 Å². The summed E-state index contributed by atoms with van der Waals surface area (Å²) in [5.74, 6) is -1.49. The Morgan fingerprint density at radius 2 is 2.04 bits per heavy atom. The molecule has 2 atom stereocenters. The summed E-state index contributed by atoms with van der Waals surface area (Å²) < 4.78 is 26.6. The van der Waals surface area contributed by atoms with Gasteiger partial charge < -0.3 is 14.9 Å². The number of likely N-dealkylation sites (tertiary alicyclic amines) is 1. The molecule has 0 bridgehead atoms. The lowest BCUT2D eigenvalue weighted by Crippen LogP contribution is -2.41. The monoisotopic (exact) mass is 339 g/mol. The van der Waals surface area contributed by atoms with Crippen LogP contribution in [0.3, 0.4) is 0 Å². The van der Waals surface area contributed by atoms with Gasteiger partial charge in [0.1, 0.15) is 5.84 Å². The molecule has 1 N–H and O–H groups in total. The van der Waals surface area contributed by atoms with Crippen LogP contribution in [0.2, 0.25) is 0 Å². The molecule has 0 saturated carbocycles. The minimum Gasteiger partial charge on any atom is -0.481 e. The maximum atomic E-state index is 12.6. The molecule has 0 aromatic carbocycles. The Hall–Kier alpha value is -2.16. The Bertz CT molecular complexity index is 752. The molecule has 0 aromatic rings. The molecule has 1 saturated heterocycles. The largest absolute Gasteiger partial charge is 0.481 e. The molecule has 3 rings (SSSR count). The van der Waals surface area contributed by atoms with Crippen molar-refractivity contribution in [1.82, 2.24) is 9.80 Å². The average Bonchev–Trinajstić information content (AvgIpc) is 2.87. The molecule has 2 unspecified atom stereocenters. The van der Waals surface area contributed by atoms with Crippen LogP contribution in [-0.2, 0) is 19.6 Å². The normalized spacial score (nSPS) is 28.9. The zero-order valence-corrected chi connectivity index (χ0v) is 13.4. The van der Waals surface area contributed by atoms with Gasteiger partial charge in [-0.3, -0.25) is 9.59 Å². The molecule has 1 fully saturated rings. The van der Waals surface area contributed by atoms with E-state index in [9.17, 15) is 18.0 Å². The Balaban J connectivity index is 1.79. The van der Waals surface area contributed by atoms with E-state index in [0.29, 0.717) is 24.4 Å². The van der Waals surface area contributed by atoms with Gasteiger partial charge >= 0.3 is 5.97 Å². The molecule has 0 aliphatic carbocycles. The fraction of sp³-hybridized carbons (Fsp3) is 0.500. The fourth-order valence-corrected chi connectivity index (χ4v) is 4.02. The van der Waals surface area contributed by atoms with Crippen molar-refractivity contribution in [3.63, 3.8) is 0 Å². The quantitative estimate of drug-likeness (QED) is 0.747. The van der Waals surface area contributed by atoms with E-state index in [1.54, 1.807) is 22.9 Å². The van der Waals surface area contributed by atoms with Crippen LogP contribution in [0.25, 0.3) is 0 Å². The lowest BCUT2D eigenvalue weighted by Gasteiger charge is -2.29. The number of aliphatic carboxylic acids is 1. The van der Waals surface area contributed by atoms with Gasteiger partial charge in [-0.05, 0) is 25.5 Å². The van der Waals surface area contributed by atoms with Crippen LogP contribution < -0.4 is 0 Å². The van der Waals surface area contributed by atoms with Crippen molar-refractivity contribution in [2.24, 2.45) is 10.3 Å². The van der Waals surface area contributed by atoms with E-state index in [-0.39, 0.29) is 24.2 Å².